The molecule has 0 spiro atoms. The van der Waals surface area contributed by atoms with Gasteiger partial charge in [0.15, 0.2) is 0 Å². The smallest absolute Gasteiger partial charge is 0.229 e. The monoisotopic (exact) mass is 220 g/mol. The van der Waals surface area contributed by atoms with Crippen molar-refractivity contribution in [3.05, 3.63) is 29.8 Å². The third kappa shape index (κ3) is 3.07. The number of anilines is 1. The Morgan fingerprint density at radius 2 is 1.81 bits per heavy atom. The first-order valence-electron chi connectivity index (χ1n) is 5.52. The van der Waals surface area contributed by atoms with Crippen molar-refractivity contribution in [2.24, 2.45) is 5.92 Å². The third-order valence-corrected chi connectivity index (χ3v) is 2.42. The van der Waals surface area contributed by atoms with E-state index in [1.54, 1.807) is 4.90 Å². The topological polar surface area (TPSA) is 40.2 Å². The normalized spacial score (nSPS) is 10.6. The van der Waals surface area contributed by atoms with E-state index in [9.17, 15) is 9.90 Å². The molecule has 87 valence electrons. The van der Waals surface area contributed by atoms with Crippen LogP contribution in [0.2, 0.25) is 0 Å². The van der Waals surface area contributed by atoms with Gasteiger partial charge in [-0.2, -0.15) is 0 Å². The van der Waals surface area contributed by atoms with Crippen LogP contribution in [-0.2, 0) is 9.90 Å². The van der Waals surface area contributed by atoms with Crippen LogP contribution in [-0.4, -0.2) is 19.1 Å². The molecule has 0 aliphatic carbocycles. The van der Waals surface area contributed by atoms with Crippen molar-refractivity contribution in [2.45, 2.75) is 20.8 Å². The van der Waals surface area contributed by atoms with Crippen molar-refractivity contribution < 1.29 is 9.90 Å². The quantitative estimate of drug-likeness (QED) is 0.768. The van der Waals surface area contributed by atoms with Crippen LogP contribution in [0.1, 0.15) is 19.4 Å². The van der Waals surface area contributed by atoms with Crippen molar-refractivity contribution in [1.82, 2.24) is 0 Å². The predicted octanol–water partition coefficient (Wildman–Crippen LogP) is 2.41. The van der Waals surface area contributed by atoms with Crippen molar-refractivity contribution in [3.63, 3.8) is 0 Å². The first kappa shape index (κ1) is 12.7. The summed E-state index contributed by atoms with van der Waals surface area (Å²) in [5.74, 6) is -0.0902. The molecule has 0 saturated heterocycles. The highest BCUT2D eigenvalue weighted by molar-refractivity contribution is 5.94. The molecule has 1 aromatic carbocycles. The lowest BCUT2D eigenvalue weighted by Gasteiger charge is -2.23. The fourth-order valence-electron chi connectivity index (χ4n) is 1.49. The minimum atomic E-state index is -0.271. The predicted molar refractivity (Wildman–Crippen MR) is 63.9 cm³/mol. The molecular weight excluding hydrogens is 202 g/mol. The molecule has 0 aliphatic rings. The van der Waals surface area contributed by atoms with E-state index in [1.807, 2.05) is 45.0 Å². The minimum absolute atomic E-state index is 0.000275. The molecule has 0 saturated carbocycles. The second-order valence-electron chi connectivity index (χ2n) is 4.18. The molecule has 0 fully saturated rings. The molecule has 1 rings (SSSR count). The number of nitrogens with zero attached hydrogens (tertiary/aromatic N) is 1. The number of amides is 1. The van der Waals surface area contributed by atoms with E-state index < -0.39 is 0 Å². The Bertz CT molecular complexity index is 343. The first-order chi connectivity index (χ1) is 7.56. The lowest BCUT2D eigenvalue weighted by atomic mass is 10.1. The van der Waals surface area contributed by atoms with Gasteiger partial charge in [-0.3, -0.25) is 4.79 Å². The largest absolute Gasteiger partial charge is 0.310 e. The summed E-state index contributed by atoms with van der Waals surface area (Å²) in [6.45, 7) is 5.64. The maximum absolute atomic E-state index is 11.9. The summed E-state index contributed by atoms with van der Waals surface area (Å²) in [5, 5.41) is 10.7. The number of carbonyl (C=O) groups excluding carboxylic acids is 1. The first-order valence-corrected chi connectivity index (χ1v) is 5.52. The van der Waals surface area contributed by atoms with Gasteiger partial charge < -0.3 is 4.90 Å². The van der Waals surface area contributed by atoms with Gasteiger partial charge in [0.1, 0.15) is 6.61 Å². The van der Waals surface area contributed by atoms with Crippen molar-refractivity contribution in [2.75, 3.05) is 18.1 Å². The summed E-state index contributed by atoms with van der Waals surface area (Å²) >= 11 is 0. The number of hydrogen-bond donors (Lipinski definition) is 0. The Morgan fingerprint density at radius 3 is 2.25 bits per heavy atom. The number of carbonyl (C=O) groups is 1. The van der Waals surface area contributed by atoms with Crippen LogP contribution in [0.25, 0.3) is 0 Å². The number of rotatable bonds is 4. The second-order valence-corrected chi connectivity index (χ2v) is 4.18. The van der Waals surface area contributed by atoms with Gasteiger partial charge in [0.25, 0.3) is 0 Å². The molecule has 3 nitrogen and oxygen atoms in total. The Labute approximate surface area is 96.7 Å². The maximum Gasteiger partial charge on any atom is 0.229 e. The van der Waals surface area contributed by atoms with Crippen LogP contribution in [0.15, 0.2) is 24.3 Å². The molecule has 0 atom stereocenters. The molecule has 1 radical (unpaired) electrons. The van der Waals surface area contributed by atoms with Gasteiger partial charge in [-0.15, -0.1) is 0 Å². The van der Waals surface area contributed by atoms with E-state index in [1.165, 1.54) is 0 Å². The van der Waals surface area contributed by atoms with E-state index in [-0.39, 0.29) is 25.0 Å². The van der Waals surface area contributed by atoms with Crippen molar-refractivity contribution in [1.29, 1.82) is 0 Å². The number of hydrogen-bond acceptors (Lipinski definition) is 1. The molecule has 1 aromatic rings. The Balaban J connectivity index is 2.93. The number of benzene rings is 1. The van der Waals surface area contributed by atoms with Gasteiger partial charge in [-0.05, 0) is 19.1 Å². The Hall–Kier alpha value is -1.35. The van der Waals surface area contributed by atoms with E-state index >= 15 is 0 Å². The molecule has 0 aromatic heterocycles. The van der Waals surface area contributed by atoms with E-state index in [2.05, 4.69) is 0 Å². The summed E-state index contributed by atoms with van der Waals surface area (Å²) in [6.07, 6.45) is 0. The summed E-state index contributed by atoms with van der Waals surface area (Å²) in [4.78, 5) is 13.5. The van der Waals surface area contributed by atoms with Crippen LogP contribution < -0.4 is 4.90 Å². The van der Waals surface area contributed by atoms with Gasteiger partial charge >= 0.3 is 0 Å². The van der Waals surface area contributed by atoms with Crippen LogP contribution in [0.3, 0.4) is 0 Å². The Kier molecular flexibility index (Phi) is 4.50. The van der Waals surface area contributed by atoms with Gasteiger partial charge in [0, 0.05) is 11.6 Å². The zero-order valence-corrected chi connectivity index (χ0v) is 10.1. The average Bonchev–Trinajstić information content (AvgIpc) is 2.26. The second kappa shape index (κ2) is 5.66. The molecule has 3 heteroatoms. The van der Waals surface area contributed by atoms with Crippen molar-refractivity contribution in [3.8, 4) is 0 Å². The Morgan fingerprint density at radius 1 is 1.25 bits per heavy atom. The van der Waals surface area contributed by atoms with Gasteiger partial charge in [-0.1, -0.05) is 31.5 Å². The highest BCUT2D eigenvalue weighted by Crippen LogP contribution is 2.17. The molecule has 0 N–H and O–H groups in total. The van der Waals surface area contributed by atoms with Gasteiger partial charge in [-0.25, -0.2) is 5.11 Å². The molecule has 0 aliphatic heterocycles. The third-order valence-electron chi connectivity index (χ3n) is 2.42. The number of aryl methyl sites for hydroxylation is 1. The van der Waals surface area contributed by atoms with Gasteiger partial charge in [0.05, 0.1) is 6.54 Å². The summed E-state index contributed by atoms with van der Waals surface area (Å²) in [5.41, 5.74) is 1.95. The van der Waals surface area contributed by atoms with Crippen LogP contribution in [0.5, 0.6) is 0 Å². The zero-order chi connectivity index (χ0) is 12.1. The summed E-state index contributed by atoms with van der Waals surface area (Å²) in [6, 6.07) is 7.65. The molecule has 0 bridgehead atoms. The maximum atomic E-state index is 11.9. The van der Waals surface area contributed by atoms with E-state index in [0.717, 1.165) is 11.3 Å². The molecule has 16 heavy (non-hydrogen) atoms. The van der Waals surface area contributed by atoms with E-state index in [0.29, 0.717) is 0 Å². The standard InChI is InChI=1S/C13H18NO2/c1-10(2)13(16)14(8-9-15)12-6-4-11(3)5-7-12/h4-7,10H,8-9H2,1-3H3. The van der Waals surface area contributed by atoms with Crippen molar-refractivity contribution >= 4 is 11.6 Å². The SMILES string of the molecule is Cc1ccc(N(CC[O])C(=O)C(C)C)cc1. The highest BCUT2D eigenvalue weighted by Gasteiger charge is 2.18. The van der Waals surface area contributed by atoms with Crippen LogP contribution >= 0.6 is 0 Å². The average molecular weight is 220 g/mol. The summed E-state index contributed by atoms with van der Waals surface area (Å²) in [7, 11) is 0. The molecular formula is C13H18NO2. The zero-order valence-electron chi connectivity index (χ0n) is 10.1. The van der Waals surface area contributed by atoms with Crippen LogP contribution in [0.4, 0.5) is 5.69 Å². The molecule has 1 amide bonds. The lowest BCUT2D eigenvalue weighted by molar-refractivity contribution is -0.121. The summed E-state index contributed by atoms with van der Waals surface area (Å²) < 4.78 is 0. The lowest BCUT2D eigenvalue weighted by Crippen LogP contribution is -2.36. The molecule has 0 unspecified atom stereocenters. The minimum Gasteiger partial charge on any atom is -0.310 e. The molecule has 0 heterocycles. The van der Waals surface area contributed by atoms with E-state index in [4.69, 9.17) is 0 Å². The fraction of sp³-hybridized carbons (Fsp3) is 0.462. The van der Waals surface area contributed by atoms with Gasteiger partial charge in [0.2, 0.25) is 5.91 Å². The fourth-order valence-corrected chi connectivity index (χ4v) is 1.49. The highest BCUT2D eigenvalue weighted by atomic mass is 16.3. The van der Waals surface area contributed by atoms with Crippen LogP contribution in [0, 0.1) is 12.8 Å².